The van der Waals surface area contributed by atoms with Crippen LogP contribution in [0.1, 0.15) is 72.6 Å². The summed E-state index contributed by atoms with van der Waals surface area (Å²) in [5.74, 6) is 0.372. The van der Waals surface area contributed by atoms with Gasteiger partial charge in [-0.1, -0.05) is 210 Å². The summed E-state index contributed by atoms with van der Waals surface area (Å²) in [7, 11) is 0. The molecule has 0 amide bonds. The average Bonchev–Trinajstić information content (AvgIpc) is 3.71. The highest BCUT2D eigenvalue weighted by atomic mass is 14.4. The molecule has 0 saturated heterocycles. The molecule has 8 aromatic carbocycles. The zero-order valence-corrected chi connectivity index (χ0v) is 36.8. The lowest BCUT2D eigenvalue weighted by Crippen LogP contribution is -2.18. The lowest BCUT2D eigenvalue weighted by atomic mass is 9.70. The molecule has 0 heteroatoms. The summed E-state index contributed by atoms with van der Waals surface area (Å²) in [6.07, 6.45) is 14.8. The molecule has 13 rings (SSSR count). The van der Waals surface area contributed by atoms with Gasteiger partial charge in [-0.15, -0.1) is 0 Å². The Kier molecular flexibility index (Phi) is 7.93. The maximum absolute atomic E-state index is 2.46. The minimum atomic E-state index is -0.114. The van der Waals surface area contributed by atoms with E-state index >= 15 is 0 Å². The fourth-order valence-corrected chi connectivity index (χ4v) is 11.9. The molecule has 64 heavy (non-hydrogen) atoms. The van der Waals surface area contributed by atoms with Crippen molar-refractivity contribution in [3.8, 4) is 77.9 Å². The maximum Gasteiger partial charge on any atom is 0.0345 e. The maximum atomic E-state index is 2.46. The van der Waals surface area contributed by atoms with Gasteiger partial charge in [0.1, 0.15) is 0 Å². The number of allylic oxidation sites excluding steroid dienone is 7. The predicted molar refractivity (Wildman–Crippen MR) is 270 cm³/mol. The van der Waals surface area contributed by atoms with Gasteiger partial charge in [0.15, 0.2) is 0 Å². The Morgan fingerprint density at radius 3 is 1.38 bits per heavy atom. The van der Waals surface area contributed by atoms with Gasteiger partial charge in [0.2, 0.25) is 0 Å². The highest BCUT2D eigenvalue weighted by Crippen LogP contribution is 2.53. The van der Waals surface area contributed by atoms with Crippen molar-refractivity contribution in [2.75, 3.05) is 0 Å². The van der Waals surface area contributed by atoms with E-state index in [0.717, 1.165) is 6.42 Å². The third kappa shape index (κ3) is 5.48. The molecule has 0 aromatic heterocycles. The second-order valence-corrected chi connectivity index (χ2v) is 19.6. The predicted octanol–water partition coefficient (Wildman–Crippen LogP) is 16.7. The first kappa shape index (κ1) is 37.3. The quantitative estimate of drug-likeness (QED) is 0.162. The molecule has 5 aliphatic rings. The molecule has 1 atom stereocenters. The van der Waals surface area contributed by atoms with Crippen molar-refractivity contribution in [1.82, 2.24) is 0 Å². The highest BCUT2D eigenvalue weighted by molar-refractivity contribution is 5.88. The number of benzene rings is 8. The van der Waals surface area contributed by atoms with Crippen LogP contribution in [0.5, 0.6) is 0 Å². The second-order valence-electron chi connectivity index (χ2n) is 19.6. The first-order chi connectivity index (χ1) is 31.2. The Morgan fingerprint density at radius 1 is 0.375 bits per heavy atom. The number of hydrogen-bond acceptors (Lipinski definition) is 0. The fraction of sp³-hybridized carbons (Fsp3) is 0.125. The van der Waals surface area contributed by atoms with Gasteiger partial charge in [-0.2, -0.15) is 0 Å². The molecular weight excluding hydrogens is 769 g/mol. The monoisotopic (exact) mass is 816 g/mol. The third-order valence-electron chi connectivity index (χ3n) is 15.5. The van der Waals surface area contributed by atoms with Crippen LogP contribution < -0.4 is 0 Å². The normalized spacial score (nSPS) is 17.2. The Bertz CT molecular complexity index is 3410. The molecule has 304 valence electrons. The van der Waals surface area contributed by atoms with Gasteiger partial charge in [-0.3, -0.25) is 0 Å². The summed E-state index contributed by atoms with van der Waals surface area (Å²) in [5, 5.41) is 0. The van der Waals surface area contributed by atoms with E-state index in [4.69, 9.17) is 0 Å². The molecular formula is C64H48. The van der Waals surface area contributed by atoms with E-state index in [1.54, 1.807) is 0 Å². The molecule has 0 saturated carbocycles. The van der Waals surface area contributed by atoms with Crippen LogP contribution in [0, 0.1) is 0 Å². The van der Waals surface area contributed by atoms with E-state index in [2.05, 4.69) is 228 Å². The summed E-state index contributed by atoms with van der Waals surface area (Å²) in [6, 6.07) is 62.2. The van der Waals surface area contributed by atoms with Gasteiger partial charge in [-0.25, -0.2) is 0 Å². The smallest absolute Gasteiger partial charge is 0.0345 e. The van der Waals surface area contributed by atoms with Gasteiger partial charge in [0, 0.05) is 16.7 Å². The number of fused-ring (bicyclic) bond motifs is 6. The molecule has 0 aliphatic heterocycles. The lowest BCUT2D eigenvalue weighted by Gasteiger charge is -2.34. The van der Waals surface area contributed by atoms with Crippen molar-refractivity contribution in [1.29, 1.82) is 0 Å². The molecule has 0 fully saturated rings. The van der Waals surface area contributed by atoms with Crippen molar-refractivity contribution >= 4 is 6.08 Å². The Labute approximate surface area is 377 Å². The Morgan fingerprint density at radius 2 is 0.812 bits per heavy atom. The van der Waals surface area contributed by atoms with Crippen LogP contribution >= 0.6 is 0 Å². The van der Waals surface area contributed by atoms with E-state index < -0.39 is 0 Å². The Hall–Kier alpha value is -7.28. The first-order valence-electron chi connectivity index (χ1n) is 23.0. The van der Waals surface area contributed by atoms with E-state index in [1.807, 2.05) is 0 Å². The standard InChI is InChI=1S/C64H48/c1-63(2)57-11-6-5-10-52(57)53-33-29-49(37-58(53)63)50-30-34-55-54-32-28-48(36-59(54)64(3,4)60(55)38-50)43-18-16-41(17-19-43)39-12-14-40(15-13-39)42-20-22-44(23-21-42)51-31-26-47-25-24-45-8-7-9-46-27-35-56(51)62(47)61(45)46/h5-34,36-38,61H,35H2,1-4H3. The van der Waals surface area contributed by atoms with E-state index in [9.17, 15) is 0 Å². The molecule has 0 bridgehead atoms. The SMILES string of the molecule is CC1(C)c2ccccc2-c2ccc(-c3ccc4c(c3)C(C)(C)c3cc(-c5ccc(-c6ccc(-c7ccc(-c8ccc9c%10c8CC=C8C=CC=C(C=C9)C8%10)cc7)cc6)cc5)ccc3-4)cc21. The van der Waals surface area contributed by atoms with Crippen LogP contribution in [0.2, 0.25) is 0 Å². The van der Waals surface area contributed by atoms with Crippen LogP contribution in [-0.4, -0.2) is 0 Å². The zero-order chi connectivity index (χ0) is 42.9. The van der Waals surface area contributed by atoms with Crippen LogP contribution in [0.25, 0.3) is 84.0 Å². The van der Waals surface area contributed by atoms with Crippen molar-refractivity contribution < 1.29 is 0 Å². The summed E-state index contributed by atoms with van der Waals surface area (Å²) in [6.45, 7) is 9.52. The van der Waals surface area contributed by atoms with Crippen LogP contribution in [0.15, 0.2) is 205 Å². The van der Waals surface area contributed by atoms with Crippen LogP contribution in [0.3, 0.4) is 0 Å². The first-order valence-corrected chi connectivity index (χ1v) is 23.0. The Balaban J connectivity index is 0.730. The molecule has 0 spiro atoms. The van der Waals surface area contributed by atoms with Gasteiger partial charge in [0.05, 0.1) is 0 Å². The summed E-state index contributed by atoms with van der Waals surface area (Å²) in [5.41, 5.74) is 30.8. The minimum absolute atomic E-state index is 0.0155. The highest BCUT2D eigenvalue weighted by Gasteiger charge is 2.38. The van der Waals surface area contributed by atoms with Crippen molar-refractivity contribution in [3.05, 3.63) is 244 Å². The topological polar surface area (TPSA) is 0 Å². The molecule has 0 nitrogen and oxygen atoms in total. The van der Waals surface area contributed by atoms with Gasteiger partial charge >= 0.3 is 0 Å². The molecule has 5 aliphatic carbocycles. The van der Waals surface area contributed by atoms with Gasteiger partial charge < -0.3 is 0 Å². The largest absolute Gasteiger partial charge is 0.0759 e. The van der Waals surface area contributed by atoms with Crippen molar-refractivity contribution in [2.24, 2.45) is 0 Å². The summed E-state index contributed by atoms with van der Waals surface area (Å²) in [4.78, 5) is 0. The number of hydrogen-bond donors (Lipinski definition) is 0. The van der Waals surface area contributed by atoms with Crippen molar-refractivity contribution in [2.45, 2.75) is 50.9 Å². The van der Waals surface area contributed by atoms with Crippen LogP contribution in [0.4, 0.5) is 0 Å². The number of rotatable bonds is 5. The summed E-state index contributed by atoms with van der Waals surface area (Å²) >= 11 is 0. The fourth-order valence-electron chi connectivity index (χ4n) is 11.9. The van der Waals surface area contributed by atoms with Gasteiger partial charge in [0.25, 0.3) is 0 Å². The average molecular weight is 817 g/mol. The molecule has 8 aromatic rings. The molecule has 0 N–H and O–H groups in total. The minimum Gasteiger partial charge on any atom is -0.0759 e. The third-order valence-corrected chi connectivity index (χ3v) is 15.5. The second kappa shape index (κ2) is 13.6. The lowest BCUT2D eigenvalue weighted by molar-refractivity contribution is 0.659. The molecule has 1 unspecified atom stereocenters. The van der Waals surface area contributed by atoms with Crippen molar-refractivity contribution in [3.63, 3.8) is 0 Å². The van der Waals surface area contributed by atoms with E-state index in [-0.39, 0.29) is 10.8 Å². The van der Waals surface area contributed by atoms with E-state index in [0.29, 0.717) is 5.92 Å². The van der Waals surface area contributed by atoms with E-state index in [1.165, 1.54) is 128 Å². The molecule has 0 heterocycles. The van der Waals surface area contributed by atoms with Crippen LogP contribution in [-0.2, 0) is 17.3 Å². The van der Waals surface area contributed by atoms with Gasteiger partial charge in [-0.05, 0) is 153 Å². The zero-order valence-electron chi connectivity index (χ0n) is 36.8. The molecule has 0 radical (unpaired) electrons. The summed E-state index contributed by atoms with van der Waals surface area (Å²) < 4.78 is 0.